The molecule has 0 aliphatic heterocycles. The van der Waals surface area contributed by atoms with Crippen LogP contribution >= 0.6 is 34.2 Å². The lowest BCUT2D eigenvalue weighted by molar-refractivity contribution is 0.593. The normalized spacial score (nSPS) is 12.4. The fourth-order valence-electron chi connectivity index (χ4n) is 1.81. The van der Waals surface area contributed by atoms with Crippen LogP contribution in [-0.2, 0) is 6.42 Å². The van der Waals surface area contributed by atoms with Gasteiger partial charge in [-0.25, -0.2) is 4.39 Å². The molecule has 0 saturated carbocycles. The Labute approximate surface area is 124 Å². The van der Waals surface area contributed by atoms with Crippen LogP contribution in [0.5, 0.6) is 0 Å². The van der Waals surface area contributed by atoms with Crippen LogP contribution in [0.4, 0.5) is 4.39 Å². The van der Waals surface area contributed by atoms with Gasteiger partial charge >= 0.3 is 0 Å². The van der Waals surface area contributed by atoms with E-state index >= 15 is 0 Å². The zero-order valence-corrected chi connectivity index (χ0v) is 12.5. The van der Waals surface area contributed by atoms with Gasteiger partial charge in [-0.3, -0.25) is 0 Å². The second-order valence-electron chi connectivity index (χ2n) is 4.07. The number of benzene rings is 2. The van der Waals surface area contributed by atoms with E-state index < -0.39 is 0 Å². The van der Waals surface area contributed by atoms with E-state index in [1.54, 1.807) is 12.1 Å². The van der Waals surface area contributed by atoms with E-state index in [-0.39, 0.29) is 11.9 Å². The summed E-state index contributed by atoms with van der Waals surface area (Å²) < 4.78 is 14.8. The molecule has 2 aromatic carbocycles. The van der Waals surface area contributed by atoms with Gasteiger partial charge in [-0.1, -0.05) is 35.9 Å². The summed E-state index contributed by atoms with van der Waals surface area (Å²) in [6, 6.07) is 12.3. The van der Waals surface area contributed by atoms with Gasteiger partial charge in [0.25, 0.3) is 0 Å². The van der Waals surface area contributed by atoms with Crippen LogP contribution in [0.25, 0.3) is 0 Å². The maximum absolute atomic E-state index is 13.7. The Morgan fingerprint density at radius 2 is 1.94 bits per heavy atom. The summed E-state index contributed by atoms with van der Waals surface area (Å²) in [4.78, 5) is 0. The number of nitrogens with two attached hydrogens (primary N) is 1. The average Bonchev–Trinajstić information content (AvgIpc) is 2.33. The summed E-state index contributed by atoms with van der Waals surface area (Å²) >= 11 is 7.96. The third kappa shape index (κ3) is 3.22. The molecule has 0 amide bonds. The van der Waals surface area contributed by atoms with Gasteiger partial charge in [0.1, 0.15) is 5.82 Å². The molecule has 94 valence electrons. The third-order valence-corrected chi connectivity index (χ3v) is 3.98. The molecule has 2 N–H and O–H groups in total. The van der Waals surface area contributed by atoms with E-state index in [2.05, 4.69) is 22.6 Å². The minimum Gasteiger partial charge on any atom is -0.324 e. The monoisotopic (exact) mass is 375 g/mol. The molecular formula is C14H12ClFIN. The summed E-state index contributed by atoms with van der Waals surface area (Å²) in [6.07, 6.45) is 0.461. The van der Waals surface area contributed by atoms with Crippen LogP contribution in [0.3, 0.4) is 0 Å². The number of hydrogen-bond donors (Lipinski definition) is 1. The van der Waals surface area contributed by atoms with Crippen molar-refractivity contribution in [2.24, 2.45) is 5.73 Å². The first-order valence-electron chi connectivity index (χ1n) is 5.52. The first kappa shape index (κ1) is 13.8. The second kappa shape index (κ2) is 5.99. The molecule has 0 spiro atoms. The van der Waals surface area contributed by atoms with Crippen molar-refractivity contribution in [3.8, 4) is 0 Å². The highest BCUT2D eigenvalue weighted by Crippen LogP contribution is 2.23. The molecule has 0 fully saturated rings. The average molecular weight is 376 g/mol. The molecule has 1 nitrogen and oxygen atoms in total. The Kier molecular flexibility index (Phi) is 4.59. The van der Waals surface area contributed by atoms with Gasteiger partial charge in [-0.05, 0) is 58.3 Å². The molecule has 0 saturated heterocycles. The van der Waals surface area contributed by atoms with Crippen molar-refractivity contribution in [2.75, 3.05) is 0 Å². The van der Waals surface area contributed by atoms with Crippen LogP contribution < -0.4 is 5.73 Å². The fourth-order valence-corrected chi connectivity index (χ4v) is 2.76. The van der Waals surface area contributed by atoms with Gasteiger partial charge in [-0.15, -0.1) is 0 Å². The van der Waals surface area contributed by atoms with E-state index in [4.69, 9.17) is 17.3 Å². The van der Waals surface area contributed by atoms with Gasteiger partial charge in [-0.2, -0.15) is 0 Å². The zero-order valence-electron chi connectivity index (χ0n) is 9.54. The predicted molar refractivity (Wildman–Crippen MR) is 81.2 cm³/mol. The highest BCUT2D eigenvalue weighted by atomic mass is 127. The lowest BCUT2D eigenvalue weighted by atomic mass is 9.99. The van der Waals surface area contributed by atoms with Crippen molar-refractivity contribution in [1.29, 1.82) is 0 Å². The molecule has 2 rings (SSSR count). The number of hydrogen-bond acceptors (Lipinski definition) is 1. The van der Waals surface area contributed by atoms with E-state index in [0.29, 0.717) is 17.0 Å². The Morgan fingerprint density at radius 3 is 2.61 bits per heavy atom. The van der Waals surface area contributed by atoms with E-state index in [1.165, 1.54) is 6.07 Å². The smallest absolute Gasteiger partial charge is 0.127 e. The number of rotatable bonds is 3. The molecule has 0 bridgehead atoms. The summed E-state index contributed by atoms with van der Waals surface area (Å²) in [6.45, 7) is 0. The lowest BCUT2D eigenvalue weighted by Gasteiger charge is -2.14. The van der Waals surface area contributed by atoms with Gasteiger partial charge in [0.05, 0.1) is 0 Å². The van der Waals surface area contributed by atoms with Gasteiger partial charge in [0.15, 0.2) is 0 Å². The topological polar surface area (TPSA) is 26.0 Å². The number of halogens is 3. The van der Waals surface area contributed by atoms with Gasteiger partial charge in [0.2, 0.25) is 0 Å². The summed E-state index contributed by atoms with van der Waals surface area (Å²) in [5.74, 6) is -0.302. The molecule has 0 heterocycles. The summed E-state index contributed by atoms with van der Waals surface area (Å²) in [5.41, 5.74) is 7.75. The molecule has 0 aromatic heterocycles. The van der Waals surface area contributed by atoms with Crippen LogP contribution in [0.15, 0.2) is 42.5 Å². The fraction of sp³-hybridized carbons (Fsp3) is 0.143. The Bertz CT molecular complexity index is 559. The van der Waals surface area contributed by atoms with Crippen LogP contribution in [-0.4, -0.2) is 0 Å². The highest BCUT2D eigenvalue weighted by Gasteiger charge is 2.12. The SMILES string of the molecule is NC(Cc1ccc(Cl)cc1F)c1ccccc1I. The highest BCUT2D eigenvalue weighted by molar-refractivity contribution is 14.1. The maximum Gasteiger partial charge on any atom is 0.127 e. The first-order valence-corrected chi connectivity index (χ1v) is 6.97. The molecule has 1 unspecified atom stereocenters. The quantitative estimate of drug-likeness (QED) is 0.794. The second-order valence-corrected chi connectivity index (χ2v) is 5.67. The predicted octanol–water partition coefficient (Wildman–Crippen LogP) is 4.33. The molecule has 4 heteroatoms. The van der Waals surface area contributed by atoms with E-state index in [9.17, 15) is 4.39 Å². The van der Waals surface area contributed by atoms with Crippen LogP contribution in [0, 0.1) is 9.39 Å². The summed E-state index contributed by atoms with van der Waals surface area (Å²) in [7, 11) is 0. The Balaban J connectivity index is 2.21. The zero-order chi connectivity index (χ0) is 13.1. The standard InChI is InChI=1S/C14H12ClFIN/c15-10-6-5-9(12(16)8-10)7-14(18)11-3-1-2-4-13(11)17/h1-6,8,14H,7,18H2. The molecule has 1 atom stereocenters. The largest absolute Gasteiger partial charge is 0.324 e. The van der Waals surface area contributed by atoms with Gasteiger partial charge < -0.3 is 5.73 Å². The van der Waals surface area contributed by atoms with Crippen molar-refractivity contribution in [3.63, 3.8) is 0 Å². The van der Waals surface area contributed by atoms with E-state index in [0.717, 1.165) is 9.13 Å². The Morgan fingerprint density at radius 1 is 1.22 bits per heavy atom. The minimum absolute atomic E-state index is 0.214. The Hall–Kier alpha value is -0.650. The molecular weight excluding hydrogens is 364 g/mol. The molecule has 18 heavy (non-hydrogen) atoms. The van der Waals surface area contributed by atoms with Crippen molar-refractivity contribution >= 4 is 34.2 Å². The van der Waals surface area contributed by atoms with Crippen molar-refractivity contribution < 1.29 is 4.39 Å². The van der Waals surface area contributed by atoms with Gasteiger partial charge in [0, 0.05) is 14.6 Å². The van der Waals surface area contributed by atoms with Crippen molar-refractivity contribution in [3.05, 3.63) is 68.0 Å². The molecule has 2 aromatic rings. The summed E-state index contributed by atoms with van der Waals surface area (Å²) in [5, 5.41) is 0.402. The van der Waals surface area contributed by atoms with Crippen LogP contribution in [0.2, 0.25) is 5.02 Å². The molecule has 0 radical (unpaired) electrons. The maximum atomic E-state index is 13.7. The van der Waals surface area contributed by atoms with Crippen LogP contribution in [0.1, 0.15) is 17.2 Å². The van der Waals surface area contributed by atoms with Crippen molar-refractivity contribution in [1.82, 2.24) is 0 Å². The third-order valence-electron chi connectivity index (χ3n) is 2.76. The lowest BCUT2D eigenvalue weighted by Crippen LogP contribution is -2.15. The van der Waals surface area contributed by atoms with E-state index in [1.807, 2.05) is 24.3 Å². The molecule has 0 aliphatic rings. The molecule has 0 aliphatic carbocycles. The minimum atomic E-state index is -0.302. The first-order chi connectivity index (χ1) is 8.58. The van der Waals surface area contributed by atoms with Crippen molar-refractivity contribution in [2.45, 2.75) is 12.5 Å².